The van der Waals surface area contributed by atoms with Gasteiger partial charge in [-0.05, 0) is 29.6 Å². The molecule has 0 aliphatic heterocycles. The van der Waals surface area contributed by atoms with Gasteiger partial charge in [0, 0.05) is 5.39 Å². The van der Waals surface area contributed by atoms with Crippen molar-refractivity contribution in [1.82, 2.24) is 9.97 Å². The van der Waals surface area contributed by atoms with Gasteiger partial charge in [0.05, 0.1) is 11.6 Å². The van der Waals surface area contributed by atoms with Crippen molar-refractivity contribution in [3.05, 3.63) is 52.0 Å². The van der Waals surface area contributed by atoms with Crippen molar-refractivity contribution < 1.29 is 9.13 Å². The molecule has 2 aromatic heterocycles. The molecule has 4 nitrogen and oxygen atoms in total. The monoisotopic (exact) mass is 319 g/mol. The highest BCUT2D eigenvalue weighted by Gasteiger charge is 2.09. The molecule has 0 saturated carbocycles. The molecule has 3 aromatic rings. The first-order valence-electron chi connectivity index (χ1n) is 5.89. The van der Waals surface area contributed by atoms with Crippen LogP contribution in [-0.4, -0.2) is 9.97 Å². The standard InChI is InChI=1S/C14H7ClFN3OS/c15-13-9-3-4-21-14(9)19-12(18-13)7-20-11-2-1-8(6-17)5-10(11)16/h1-5H,7H2. The fraction of sp³-hybridized carbons (Fsp3) is 0.0714. The third-order valence-electron chi connectivity index (χ3n) is 2.74. The fourth-order valence-corrected chi connectivity index (χ4v) is 2.84. The summed E-state index contributed by atoms with van der Waals surface area (Å²) in [6.07, 6.45) is 0. The molecule has 0 spiro atoms. The van der Waals surface area contributed by atoms with Crippen molar-refractivity contribution in [2.24, 2.45) is 0 Å². The second kappa shape index (κ2) is 5.64. The zero-order valence-electron chi connectivity index (χ0n) is 10.5. The van der Waals surface area contributed by atoms with Gasteiger partial charge in [-0.1, -0.05) is 11.6 Å². The van der Waals surface area contributed by atoms with Crippen LogP contribution >= 0.6 is 22.9 Å². The molecule has 0 atom stereocenters. The Bertz CT molecular complexity index is 859. The molecule has 21 heavy (non-hydrogen) atoms. The van der Waals surface area contributed by atoms with Crippen LogP contribution in [0.2, 0.25) is 5.15 Å². The summed E-state index contributed by atoms with van der Waals surface area (Å²) in [4.78, 5) is 9.17. The van der Waals surface area contributed by atoms with Crippen molar-refractivity contribution in [3.8, 4) is 11.8 Å². The zero-order chi connectivity index (χ0) is 14.8. The van der Waals surface area contributed by atoms with E-state index in [2.05, 4.69) is 9.97 Å². The van der Waals surface area contributed by atoms with Crippen molar-refractivity contribution in [3.63, 3.8) is 0 Å². The van der Waals surface area contributed by atoms with Gasteiger partial charge in [0.15, 0.2) is 17.4 Å². The SMILES string of the molecule is N#Cc1ccc(OCc2nc(Cl)c3ccsc3n2)c(F)c1. The Morgan fingerprint density at radius 1 is 1.33 bits per heavy atom. The minimum Gasteiger partial charge on any atom is -0.483 e. The van der Waals surface area contributed by atoms with Crippen molar-refractivity contribution in [2.75, 3.05) is 0 Å². The highest BCUT2D eigenvalue weighted by molar-refractivity contribution is 7.16. The molecule has 0 fully saturated rings. The molecule has 2 heterocycles. The fourth-order valence-electron chi connectivity index (χ4n) is 1.75. The molecule has 1 aromatic carbocycles. The topological polar surface area (TPSA) is 58.8 Å². The molecule has 104 valence electrons. The Kier molecular flexibility index (Phi) is 3.69. The van der Waals surface area contributed by atoms with E-state index >= 15 is 0 Å². The summed E-state index contributed by atoms with van der Waals surface area (Å²) >= 11 is 7.49. The Morgan fingerprint density at radius 3 is 2.95 bits per heavy atom. The molecule has 0 aliphatic carbocycles. The Morgan fingerprint density at radius 2 is 2.19 bits per heavy atom. The maximum absolute atomic E-state index is 13.7. The first-order chi connectivity index (χ1) is 10.2. The average Bonchev–Trinajstić information content (AvgIpc) is 2.95. The second-order valence-corrected chi connectivity index (χ2v) is 5.37. The van der Waals surface area contributed by atoms with Gasteiger partial charge in [0.25, 0.3) is 0 Å². The number of nitrogens with zero attached hydrogens (tertiary/aromatic N) is 3. The molecule has 0 N–H and O–H groups in total. The van der Waals surface area contributed by atoms with Gasteiger partial charge < -0.3 is 4.74 Å². The van der Waals surface area contributed by atoms with Crippen LogP contribution in [0.3, 0.4) is 0 Å². The Hall–Kier alpha value is -2.23. The van der Waals surface area contributed by atoms with Crippen LogP contribution in [0.1, 0.15) is 11.4 Å². The largest absolute Gasteiger partial charge is 0.483 e. The molecule has 0 amide bonds. The van der Waals surface area contributed by atoms with Crippen molar-refractivity contribution in [1.29, 1.82) is 5.26 Å². The number of rotatable bonds is 3. The lowest BCUT2D eigenvalue weighted by atomic mass is 10.2. The smallest absolute Gasteiger partial charge is 0.169 e. The van der Waals surface area contributed by atoms with Gasteiger partial charge >= 0.3 is 0 Å². The minimum atomic E-state index is -0.600. The number of nitriles is 1. The Balaban J connectivity index is 1.82. The number of fused-ring (bicyclic) bond motifs is 1. The predicted octanol–water partition coefficient (Wildman–Crippen LogP) is 3.93. The summed E-state index contributed by atoms with van der Waals surface area (Å²) in [5, 5.41) is 11.7. The van der Waals surface area contributed by atoms with Crippen molar-refractivity contribution >= 4 is 33.2 Å². The maximum Gasteiger partial charge on any atom is 0.169 e. The number of hydrogen-bond acceptors (Lipinski definition) is 5. The summed E-state index contributed by atoms with van der Waals surface area (Å²) in [6.45, 7) is -0.00359. The number of ether oxygens (including phenoxy) is 1. The van der Waals surface area contributed by atoms with E-state index in [-0.39, 0.29) is 17.9 Å². The minimum absolute atomic E-state index is 0.00359. The van der Waals surface area contributed by atoms with Crippen LogP contribution in [0.5, 0.6) is 5.75 Å². The van der Waals surface area contributed by atoms with Gasteiger partial charge in [-0.2, -0.15) is 5.26 Å². The molecule has 0 unspecified atom stereocenters. The molecular formula is C14H7ClFN3OS. The van der Waals surface area contributed by atoms with Gasteiger partial charge in [-0.15, -0.1) is 11.3 Å². The number of thiophene rings is 1. The van der Waals surface area contributed by atoms with E-state index in [1.54, 1.807) is 0 Å². The third-order valence-corrected chi connectivity index (χ3v) is 3.84. The van der Waals surface area contributed by atoms with Gasteiger partial charge in [-0.25, -0.2) is 14.4 Å². The van der Waals surface area contributed by atoms with E-state index in [1.165, 1.54) is 23.5 Å². The second-order valence-electron chi connectivity index (χ2n) is 4.12. The molecule has 7 heteroatoms. The number of benzene rings is 1. The quantitative estimate of drug-likeness (QED) is 0.686. The van der Waals surface area contributed by atoms with Crippen molar-refractivity contribution in [2.45, 2.75) is 6.61 Å². The highest BCUT2D eigenvalue weighted by Crippen LogP contribution is 2.25. The summed E-state index contributed by atoms with van der Waals surface area (Å²) in [5.41, 5.74) is 0.235. The van der Waals surface area contributed by atoms with Crippen LogP contribution in [0.4, 0.5) is 4.39 Å². The molecular weight excluding hydrogens is 313 g/mol. The van der Waals surface area contributed by atoms with E-state index in [4.69, 9.17) is 21.6 Å². The number of hydrogen-bond donors (Lipinski definition) is 0. The van der Waals surface area contributed by atoms with E-state index in [0.29, 0.717) is 11.0 Å². The summed E-state index contributed by atoms with van der Waals surface area (Å²) in [6, 6.07) is 7.70. The molecule has 3 rings (SSSR count). The van der Waals surface area contributed by atoms with Crippen LogP contribution < -0.4 is 4.74 Å². The zero-order valence-corrected chi connectivity index (χ0v) is 12.1. The molecule has 0 aliphatic rings. The van der Waals surface area contributed by atoms with Crippen LogP contribution in [0.25, 0.3) is 10.2 Å². The lowest BCUT2D eigenvalue weighted by molar-refractivity contribution is 0.281. The summed E-state index contributed by atoms with van der Waals surface area (Å²) in [5.74, 6) is -0.184. The first kappa shape index (κ1) is 13.7. The first-order valence-corrected chi connectivity index (χ1v) is 7.15. The summed E-state index contributed by atoms with van der Waals surface area (Å²) < 4.78 is 19.0. The molecule has 0 radical (unpaired) electrons. The van der Waals surface area contributed by atoms with E-state index < -0.39 is 5.82 Å². The third kappa shape index (κ3) is 2.79. The maximum atomic E-state index is 13.7. The van der Waals surface area contributed by atoms with E-state index in [9.17, 15) is 4.39 Å². The lowest BCUT2D eigenvalue weighted by Crippen LogP contribution is -2.03. The average molecular weight is 320 g/mol. The van der Waals surface area contributed by atoms with Crippen LogP contribution in [0, 0.1) is 17.1 Å². The van der Waals surface area contributed by atoms with Crippen LogP contribution in [-0.2, 0) is 6.61 Å². The number of halogens is 2. The molecule has 0 saturated heterocycles. The van der Waals surface area contributed by atoms with E-state index in [0.717, 1.165) is 16.3 Å². The van der Waals surface area contributed by atoms with Gasteiger partial charge in [-0.3, -0.25) is 0 Å². The summed E-state index contributed by atoms with van der Waals surface area (Å²) in [7, 11) is 0. The predicted molar refractivity (Wildman–Crippen MR) is 77.9 cm³/mol. The molecule has 0 bridgehead atoms. The van der Waals surface area contributed by atoms with E-state index in [1.807, 2.05) is 17.5 Å². The van der Waals surface area contributed by atoms with Gasteiger partial charge in [0.2, 0.25) is 0 Å². The normalized spacial score (nSPS) is 10.5. The highest BCUT2D eigenvalue weighted by atomic mass is 35.5. The lowest BCUT2D eigenvalue weighted by Gasteiger charge is -2.07. The Labute approximate surface area is 128 Å². The van der Waals surface area contributed by atoms with Crippen LogP contribution in [0.15, 0.2) is 29.6 Å². The van der Waals surface area contributed by atoms with Gasteiger partial charge in [0.1, 0.15) is 16.6 Å². The number of aromatic nitrogens is 2.